The van der Waals surface area contributed by atoms with Gasteiger partial charge in [-0.2, -0.15) is 0 Å². The smallest absolute Gasteiger partial charge is 0.317 e. The number of hydrogen-bond donors (Lipinski definition) is 3. The molecule has 0 amide bonds. The Labute approximate surface area is 118 Å². The maximum absolute atomic E-state index is 10.1. The average Bonchev–Trinajstić information content (AvgIpc) is 2.29. The number of rotatable bonds is 9. The van der Waals surface area contributed by atoms with Crippen LogP contribution >= 0.6 is 0 Å². The van der Waals surface area contributed by atoms with Gasteiger partial charge in [-0.25, -0.2) is 0 Å². The van der Waals surface area contributed by atoms with Crippen molar-refractivity contribution in [3.63, 3.8) is 0 Å². The van der Waals surface area contributed by atoms with E-state index in [-0.39, 0.29) is 0 Å². The molecule has 0 rings (SSSR count). The summed E-state index contributed by atoms with van der Waals surface area (Å²) in [7, 11) is 0. The molecule has 0 saturated carbocycles. The standard InChI is InChI=1S/C6H9NO6.C6H15N/c8-4(9)1-7(2-5(10)11)3-6(12)13;1-4-7(5-2)6-3/h1-3H2,(H,8,9)(H,10,11)(H,12,13);4-6H2,1-3H3. The maximum atomic E-state index is 10.1. The van der Waals surface area contributed by atoms with Crippen LogP contribution in [0.5, 0.6) is 0 Å². The van der Waals surface area contributed by atoms with Crippen LogP contribution in [-0.4, -0.2) is 82.3 Å². The molecule has 0 fully saturated rings. The van der Waals surface area contributed by atoms with Crippen LogP contribution in [-0.2, 0) is 14.4 Å². The fraction of sp³-hybridized carbons (Fsp3) is 0.750. The molecule has 118 valence electrons. The average molecular weight is 292 g/mol. The summed E-state index contributed by atoms with van der Waals surface area (Å²) >= 11 is 0. The first-order chi connectivity index (χ1) is 9.26. The summed E-state index contributed by atoms with van der Waals surface area (Å²) in [6, 6.07) is 0. The first kappa shape index (κ1) is 20.6. The fourth-order valence-electron chi connectivity index (χ4n) is 1.41. The van der Waals surface area contributed by atoms with E-state index in [2.05, 4.69) is 25.7 Å². The summed E-state index contributed by atoms with van der Waals surface area (Å²) in [5.41, 5.74) is 0. The summed E-state index contributed by atoms with van der Waals surface area (Å²) in [4.78, 5) is 33.6. The SMILES string of the molecule is CCN(CC)CC.O=C(O)CN(CC(=O)O)CC(=O)O. The van der Waals surface area contributed by atoms with Gasteiger partial charge in [-0.3, -0.25) is 19.3 Å². The molecular formula is C12H24N2O6. The van der Waals surface area contributed by atoms with E-state index in [1.807, 2.05) is 0 Å². The summed E-state index contributed by atoms with van der Waals surface area (Å²) in [6.45, 7) is 8.33. The topological polar surface area (TPSA) is 118 Å². The van der Waals surface area contributed by atoms with Crippen LogP contribution in [0, 0.1) is 0 Å². The second kappa shape index (κ2) is 12.4. The number of carboxylic acids is 3. The molecule has 0 bridgehead atoms. The molecule has 8 heteroatoms. The zero-order chi connectivity index (χ0) is 16.1. The van der Waals surface area contributed by atoms with Crippen LogP contribution in [0.1, 0.15) is 20.8 Å². The van der Waals surface area contributed by atoms with Gasteiger partial charge in [0.2, 0.25) is 0 Å². The maximum Gasteiger partial charge on any atom is 0.317 e. The Hall–Kier alpha value is -1.67. The number of carboxylic acid groups (broad SMARTS) is 3. The van der Waals surface area contributed by atoms with E-state index in [4.69, 9.17) is 15.3 Å². The molecule has 0 saturated heterocycles. The zero-order valence-electron chi connectivity index (χ0n) is 12.2. The van der Waals surface area contributed by atoms with Crippen LogP contribution in [0.25, 0.3) is 0 Å². The van der Waals surface area contributed by atoms with Gasteiger partial charge in [0.05, 0.1) is 19.6 Å². The summed E-state index contributed by atoms with van der Waals surface area (Å²) in [6.07, 6.45) is 0. The Bertz CT molecular complexity index is 261. The largest absolute Gasteiger partial charge is 0.480 e. The van der Waals surface area contributed by atoms with Crippen molar-refractivity contribution >= 4 is 17.9 Å². The lowest BCUT2D eigenvalue weighted by atomic mass is 10.4. The molecule has 3 N–H and O–H groups in total. The van der Waals surface area contributed by atoms with Crippen molar-refractivity contribution in [2.24, 2.45) is 0 Å². The second-order valence-corrected chi connectivity index (χ2v) is 3.95. The molecular weight excluding hydrogens is 268 g/mol. The summed E-state index contributed by atoms with van der Waals surface area (Å²) < 4.78 is 0. The van der Waals surface area contributed by atoms with E-state index >= 15 is 0 Å². The van der Waals surface area contributed by atoms with Crippen LogP contribution in [0.2, 0.25) is 0 Å². The highest BCUT2D eigenvalue weighted by Gasteiger charge is 2.15. The van der Waals surface area contributed by atoms with Crippen LogP contribution in [0.15, 0.2) is 0 Å². The number of nitrogens with zero attached hydrogens (tertiary/aromatic N) is 2. The molecule has 0 aromatic rings. The van der Waals surface area contributed by atoms with E-state index in [0.717, 1.165) is 4.90 Å². The Morgan fingerprint density at radius 1 is 0.650 bits per heavy atom. The normalized spacial score (nSPS) is 10.1. The quantitative estimate of drug-likeness (QED) is 0.538. The minimum Gasteiger partial charge on any atom is -0.480 e. The van der Waals surface area contributed by atoms with Crippen molar-refractivity contribution in [1.29, 1.82) is 0 Å². The van der Waals surface area contributed by atoms with Gasteiger partial charge in [0, 0.05) is 0 Å². The molecule has 0 aliphatic heterocycles. The lowest BCUT2D eigenvalue weighted by Gasteiger charge is -2.14. The van der Waals surface area contributed by atoms with E-state index < -0.39 is 37.5 Å². The third-order valence-electron chi connectivity index (χ3n) is 2.42. The minimum atomic E-state index is -1.26. The molecule has 0 spiro atoms. The second-order valence-electron chi connectivity index (χ2n) is 3.95. The third kappa shape index (κ3) is 14.4. The van der Waals surface area contributed by atoms with Crippen molar-refractivity contribution in [3.8, 4) is 0 Å². The van der Waals surface area contributed by atoms with Gasteiger partial charge in [0.25, 0.3) is 0 Å². The van der Waals surface area contributed by atoms with Gasteiger partial charge in [-0.1, -0.05) is 20.8 Å². The molecule has 20 heavy (non-hydrogen) atoms. The molecule has 8 nitrogen and oxygen atoms in total. The summed E-state index contributed by atoms with van der Waals surface area (Å²) in [5.74, 6) is -3.78. The predicted molar refractivity (Wildman–Crippen MR) is 72.8 cm³/mol. The van der Waals surface area contributed by atoms with Gasteiger partial charge in [-0.15, -0.1) is 0 Å². The zero-order valence-corrected chi connectivity index (χ0v) is 12.2. The van der Waals surface area contributed by atoms with E-state index in [1.165, 1.54) is 19.6 Å². The lowest BCUT2D eigenvalue weighted by molar-refractivity contribution is -0.144. The molecule has 0 heterocycles. The van der Waals surface area contributed by atoms with E-state index in [9.17, 15) is 14.4 Å². The lowest BCUT2D eigenvalue weighted by Crippen LogP contribution is -2.38. The third-order valence-corrected chi connectivity index (χ3v) is 2.42. The highest BCUT2D eigenvalue weighted by molar-refractivity contribution is 5.75. The Morgan fingerprint density at radius 3 is 1.00 bits per heavy atom. The number of carbonyl (C=O) groups is 3. The van der Waals surface area contributed by atoms with Crippen LogP contribution in [0.4, 0.5) is 0 Å². The van der Waals surface area contributed by atoms with Crippen molar-refractivity contribution in [3.05, 3.63) is 0 Å². The highest BCUT2D eigenvalue weighted by Crippen LogP contribution is 1.87. The number of aliphatic carboxylic acids is 3. The van der Waals surface area contributed by atoms with E-state index in [1.54, 1.807) is 0 Å². The molecule has 0 aliphatic rings. The van der Waals surface area contributed by atoms with Gasteiger partial charge in [-0.05, 0) is 19.6 Å². The molecule has 0 radical (unpaired) electrons. The molecule has 0 aromatic heterocycles. The first-order valence-corrected chi connectivity index (χ1v) is 6.36. The van der Waals surface area contributed by atoms with Gasteiger partial charge >= 0.3 is 17.9 Å². The Morgan fingerprint density at radius 2 is 0.900 bits per heavy atom. The van der Waals surface area contributed by atoms with Gasteiger partial charge in [0.1, 0.15) is 0 Å². The first-order valence-electron chi connectivity index (χ1n) is 6.36. The van der Waals surface area contributed by atoms with Crippen molar-refractivity contribution < 1.29 is 29.7 Å². The minimum absolute atomic E-state index is 0.599. The number of hydrogen-bond acceptors (Lipinski definition) is 5. The predicted octanol–water partition coefficient (Wildman–Crippen LogP) is -0.110. The molecule has 0 aromatic carbocycles. The highest BCUT2D eigenvalue weighted by atomic mass is 16.4. The van der Waals surface area contributed by atoms with Crippen molar-refractivity contribution in [2.75, 3.05) is 39.3 Å². The molecule has 0 unspecified atom stereocenters. The van der Waals surface area contributed by atoms with Crippen molar-refractivity contribution in [2.45, 2.75) is 20.8 Å². The Balaban J connectivity index is 0. The summed E-state index contributed by atoms with van der Waals surface area (Å²) in [5, 5.41) is 24.8. The van der Waals surface area contributed by atoms with Gasteiger partial charge in [0.15, 0.2) is 0 Å². The van der Waals surface area contributed by atoms with Crippen molar-refractivity contribution in [1.82, 2.24) is 9.80 Å². The molecule has 0 aliphatic carbocycles. The monoisotopic (exact) mass is 292 g/mol. The fourth-order valence-corrected chi connectivity index (χ4v) is 1.41. The van der Waals surface area contributed by atoms with Crippen LogP contribution < -0.4 is 0 Å². The molecule has 0 atom stereocenters. The Kier molecular flexibility index (Phi) is 12.8. The van der Waals surface area contributed by atoms with Gasteiger partial charge < -0.3 is 20.2 Å². The van der Waals surface area contributed by atoms with Crippen LogP contribution in [0.3, 0.4) is 0 Å². The van der Waals surface area contributed by atoms with E-state index in [0.29, 0.717) is 0 Å².